The van der Waals surface area contributed by atoms with Gasteiger partial charge in [-0.2, -0.15) is 5.10 Å². The van der Waals surface area contributed by atoms with Crippen LogP contribution in [0.4, 0.5) is 0 Å². The summed E-state index contributed by atoms with van der Waals surface area (Å²) in [5.41, 5.74) is 0. The van der Waals surface area contributed by atoms with Crippen LogP contribution < -0.4 is 5.32 Å². The molecular weight excluding hydrogens is 310 g/mol. The third kappa shape index (κ3) is 3.92. The zero-order valence-electron chi connectivity index (χ0n) is 15.1. The predicted molar refractivity (Wildman–Crippen MR) is 88.3 cm³/mol. The normalized spacial score (nSPS) is 23.3. The molecule has 134 valence electrons. The van der Waals surface area contributed by atoms with Crippen molar-refractivity contribution in [3.8, 4) is 0 Å². The number of likely N-dealkylation sites (N-methyl/N-ethyl adjacent to an activating group) is 1. The predicted octanol–water partition coefficient (Wildman–Crippen LogP) is 0.283. The number of hydrogen-bond donors (Lipinski definition) is 1. The summed E-state index contributed by atoms with van der Waals surface area (Å²) in [6.45, 7) is 6.34. The molecule has 1 fully saturated rings. The van der Waals surface area contributed by atoms with Crippen molar-refractivity contribution in [1.82, 2.24) is 25.0 Å². The van der Waals surface area contributed by atoms with E-state index in [4.69, 9.17) is 4.74 Å². The van der Waals surface area contributed by atoms with Gasteiger partial charge in [-0.1, -0.05) is 0 Å². The maximum Gasteiger partial charge on any atom is 0.225 e. The van der Waals surface area contributed by atoms with Crippen molar-refractivity contribution >= 4 is 11.8 Å². The Morgan fingerprint density at radius 2 is 2.08 bits per heavy atom. The number of rotatable bonds is 6. The Labute approximate surface area is 142 Å². The fourth-order valence-corrected chi connectivity index (χ4v) is 3.39. The number of nitrogens with one attached hydrogen (secondary N) is 1. The molecular formula is C16H27N5O3. The van der Waals surface area contributed by atoms with Crippen LogP contribution in [0.25, 0.3) is 0 Å². The van der Waals surface area contributed by atoms with Gasteiger partial charge in [0.2, 0.25) is 11.8 Å². The van der Waals surface area contributed by atoms with E-state index in [2.05, 4.69) is 15.4 Å². The third-order valence-corrected chi connectivity index (χ3v) is 4.74. The maximum atomic E-state index is 12.5. The summed E-state index contributed by atoms with van der Waals surface area (Å²) < 4.78 is 7.32. The summed E-state index contributed by atoms with van der Waals surface area (Å²) >= 11 is 0. The molecule has 0 spiro atoms. The van der Waals surface area contributed by atoms with Gasteiger partial charge in [0.1, 0.15) is 11.6 Å². The number of aryl methyl sites for hydroxylation is 2. The molecule has 1 aliphatic rings. The average molecular weight is 337 g/mol. The Kier molecular flexibility index (Phi) is 5.93. The van der Waals surface area contributed by atoms with Gasteiger partial charge in [-0.15, -0.1) is 0 Å². The molecule has 0 saturated heterocycles. The largest absolute Gasteiger partial charge is 0.378 e. The van der Waals surface area contributed by atoms with Gasteiger partial charge in [0, 0.05) is 27.6 Å². The van der Waals surface area contributed by atoms with E-state index in [0.717, 1.165) is 18.1 Å². The summed E-state index contributed by atoms with van der Waals surface area (Å²) in [6, 6.07) is -0.0524. The van der Waals surface area contributed by atoms with Gasteiger partial charge in [-0.3, -0.25) is 9.59 Å². The Hall–Kier alpha value is -1.96. The van der Waals surface area contributed by atoms with Crippen LogP contribution in [0.2, 0.25) is 0 Å². The first-order valence-corrected chi connectivity index (χ1v) is 8.27. The van der Waals surface area contributed by atoms with E-state index >= 15 is 0 Å². The second-order valence-corrected chi connectivity index (χ2v) is 6.30. The minimum atomic E-state index is -0.269. The van der Waals surface area contributed by atoms with E-state index < -0.39 is 0 Å². The standard InChI is InChI=1S/C16H27N5O3/c1-10-18-11(2)21(19-10)9-8-17-16(23)13-6-7-14(15(13)24-5)20(4)12(3)22/h13-15H,6-9H2,1-5H3,(H,17,23)/t13-,14-,15+/m1/s1. The molecule has 0 aromatic carbocycles. The molecule has 8 nitrogen and oxygen atoms in total. The number of carbonyl (C=O) groups is 2. The van der Waals surface area contributed by atoms with Crippen LogP contribution in [0.5, 0.6) is 0 Å². The van der Waals surface area contributed by atoms with E-state index in [1.807, 2.05) is 13.8 Å². The van der Waals surface area contributed by atoms with Crippen molar-refractivity contribution < 1.29 is 14.3 Å². The topological polar surface area (TPSA) is 89.4 Å². The van der Waals surface area contributed by atoms with Crippen LogP contribution in [0.15, 0.2) is 0 Å². The van der Waals surface area contributed by atoms with Crippen molar-refractivity contribution in [2.24, 2.45) is 5.92 Å². The van der Waals surface area contributed by atoms with Crippen LogP contribution in [0, 0.1) is 19.8 Å². The molecule has 2 amide bonds. The smallest absolute Gasteiger partial charge is 0.225 e. The first-order chi connectivity index (χ1) is 11.3. The van der Waals surface area contributed by atoms with Crippen molar-refractivity contribution in [3.05, 3.63) is 11.6 Å². The molecule has 0 unspecified atom stereocenters. The van der Waals surface area contributed by atoms with Crippen LogP contribution in [-0.4, -0.2) is 64.3 Å². The molecule has 2 rings (SSSR count). The number of carbonyl (C=O) groups excluding carboxylic acids is 2. The number of nitrogens with zero attached hydrogens (tertiary/aromatic N) is 4. The van der Waals surface area contributed by atoms with E-state index in [-0.39, 0.29) is 29.9 Å². The second-order valence-electron chi connectivity index (χ2n) is 6.30. The highest BCUT2D eigenvalue weighted by molar-refractivity contribution is 5.80. The molecule has 1 aromatic heterocycles. The summed E-state index contributed by atoms with van der Waals surface area (Å²) in [4.78, 5) is 30.0. The zero-order valence-corrected chi connectivity index (χ0v) is 15.1. The van der Waals surface area contributed by atoms with Gasteiger partial charge in [-0.25, -0.2) is 9.67 Å². The summed E-state index contributed by atoms with van der Waals surface area (Å²) in [6.07, 6.45) is 1.22. The number of hydrogen-bond acceptors (Lipinski definition) is 5. The first-order valence-electron chi connectivity index (χ1n) is 8.27. The molecule has 1 heterocycles. The molecule has 8 heteroatoms. The minimum Gasteiger partial charge on any atom is -0.378 e. The van der Waals surface area contributed by atoms with Gasteiger partial charge >= 0.3 is 0 Å². The lowest BCUT2D eigenvalue weighted by Crippen LogP contribution is -2.46. The Morgan fingerprint density at radius 3 is 2.62 bits per heavy atom. The molecule has 24 heavy (non-hydrogen) atoms. The second kappa shape index (κ2) is 7.74. The first kappa shape index (κ1) is 18.4. The highest BCUT2D eigenvalue weighted by Crippen LogP contribution is 2.31. The molecule has 0 aliphatic heterocycles. The number of aromatic nitrogens is 3. The minimum absolute atomic E-state index is 0.0138. The summed E-state index contributed by atoms with van der Waals surface area (Å²) in [7, 11) is 3.36. The third-order valence-electron chi connectivity index (χ3n) is 4.74. The van der Waals surface area contributed by atoms with E-state index in [0.29, 0.717) is 19.5 Å². The average Bonchev–Trinajstić information content (AvgIpc) is 3.09. The molecule has 3 atom stereocenters. The molecule has 0 bridgehead atoms. The van der Waals surface area contributed by atoms with Gasteiger partial charge in [0.15, 0.2) is 0 Å². The van der Waals surface area contributed by atoms with Crippen LogP contribution in [0.3, 0.4) is 0 Å². The lowest BCUT2D eigenvalue weighted by Gasteiger charge is -2.30. The summed E-state index contributed by atoms with van der Waals surface area (Å²) in [5.74, 6) is 1.28. The highest BCUT2D eigenvalue weighted by Gasteiger charge is 2.42. The highest BCUT2D eigenvalue weighted by atomic mass is 16.5. The SMILES string of the molecule is CO[C@@H]1[C@H](N(C)C(C)=O)CC[C@H]1C(=O)NCCn1nc(C)nc1C. The molecule has 1 aromatic rings. The van der Waals surface area contributed by atoms with Crippen LogP contribution >= 0.6 is 0 Å². The van der Waals surface area contributed by atoms with Crippen LogP contribution in [-0.2, 0) is 20.9 Å². The van der Waals surface area contributed by atoms with Crippen molar-refractivity contribution in [3.63, 3.8) is 0 Å². The molecule has 1 N–H and O–H groups in total. The van der Waals surface area contributed by atoms with Gasteiger partial charge < -0.3 is 15.0 Å². The molecule has 1 aliphatic carbocycles. The van der Waals surface area contributed by atoms with Gasteiger partial charge in [0.25, 0.3) is 0 Å². The fraction of sp³-hybridized carbons (Fsp3) is 0.750. The zero-order chi connectivity index (χ0) is 17.9. The quantitative estimate of drug-likeness (QED) is 0.805. The van der Waals surface area contributed by atoms with Gasteiger partial charge in [0.05, 0.1) is 24.6 Å². The van der Waals surface area contributed by atoms with E-state index in [1.54, 1.807) is 23.7 Å². The lowest BCUT2D eigenvalue weighted by atomic mass is 10.0. The number of methoxy groups -OCH3 is 1. The Balaban J connectivity index is 1.90. The number of amides is 2. The monoisotopic (exact) mass is 337 g/mol. The van der Waals surface area contributed by atoms with Crippen molar-refractivity contribution in [2.75, 3.05) is 20.7 Å². The lowest BCUT2D eigenvalue weighted by molar-refractivity contribution is -0.135. The molecule has 1 saturated carbocycles. The Morgan fingerprint density at radius 1 is 1.38 bits per heavy atom. The van der Waals surface area contributed by atoms with Crippen molar-refractivity contribution in [1.29, 1.82) is 0 Å². The fourth-order valence-electron chi connectivity index (χ4n) is 3.39. The van der Waals surface area contributed by atoms with E-state index in [9.17, 15) is 9.59 Å². The van der Waals surface area contributed by atoms with E-state index in [1.165, 1.54) is 6.92 Å². The van der Waals surface area contributed by atoms with Gasteiger partial charge in [-0.05, 0) is 26.7 Å². The summed E-state index contributed by atoms with van der Waals surface area (Å²) in [5, 5.41) is 7.23. The van der Waals surface area contributed by atoms with Crippen molar-refractivity contribution in [2.45, 2.75) is 52.3 Å². The number of ether oxygens (including phenoxy) is 1. The van der Waals surface area contributed by atoms with Crippen LogP contribution in [0.1, 0.15) is 31.4 Å². The Bertz CT molecular complexity index is 601. The molecule has 0 radical (unpaired) electrons. The maximum absolute atomic E-state index is 12.5.